The van der Waals surface area contributed by atoms with Crippen molar-refractivity contribution >= 4 is 12.2 Å². The smallest absolute Gasteiger partial charge is 0.438 e. The zero-order chi connectivity index (χ0) is 22.3. The molecule has 2 heterocycles. The van der Waals surface area contributed by atoms with Gasteiger partial charge in [0.1, 0.15) is 0 Å². The van der Waals surface area contributed by atoms with E-state index >= 15 is 0 Å². The van der Waals surface area contributed by atoms with Crippen LogP contribution in [-0.2, 0) is 6.18 Å². The van der Waals surface area contributed by atoms with Crippen molar-refractivity contribution < 1.29 is 40.9 Å². The van der Waals surface area contributed by atoms with Gasteiger partial charge in [0, 0.05) is 18.2 Å². The average molecular weight is 436 g/mol. The molecule has 1 aromatic heterocycles. The van der Waals surface area contributed by atoms with Gasteiger partial charge in [0.15, 0.2) is 17.2 Å². The molecule has 0 aliphatic carbocycles. The summed E-state index contributed by atoms with van der Waals surface area (Å²) in [5, 5.41) is 13.3. The number of alkyl halides is 6. The number of hydrogen-bond donors (Lipinski definition) is 1. The third kappa shape index (κ3) is 3.72. The van der Waals surface area contributed by atoms with Gasteiger partial charge in [0.2, 0.25) is 5.95 Å². The minimum atomic E-state index is -5.23. The number of methoxy groups -OCH3 is 2. The molecule has 0 saturated heterocycles. The highest BCUT2D eigenvalue weighted by atomic mass is 19.4. The Morgan fingerprint density at radius 2 is 1.67 bits per heavy atom. The number of hydrogen-bond acceptors (Lipinski definition) is 7. The minimum absolute atomic E-state index is 0.0769. The van der Waals surface area contributed by atoms with Crippen molar-refractivity contribution in [1.29, 1.82) is 0 Å². The fourth-order valence-corrected chi connectivity index (χ4v) is 2.70. The van der Waals surface area contributed by atoms with Gasteiger partial charge in [-0.05, 0) is 24.3 Å². The van der Waals surface area contributed by atoms with Gasteiger partial charge in [-0.3, -0.25) is 0 Å². The van der Waals surface area contributed by atoms with Crippen molar-refractivity contribution in [2.75, 3.05) is 19.2 Å². The lowest BCUT2D eigenvalue weighted by molar-refractivity contribution is -0.254. The highest BCUT2D eigenvalue weighted by Gasteiger charge is 2.61. The Balaban J connectivity index is 2.19. The molecule has 0 radical (unpaired) electrons. The Morgan fingerprint density at radius 1 is 1.00 bits per heavy atom. The van der Waals surface area contributed by atoms with Gasteiger partial charge < -0.3 is 14.6 Å². The van der Waals surface area contributed by atoms with Crippen LogP contribution in [0, 0.1) is 0 Å². The number of aromatic nitrogens is 2. The molecule has 0 unspecified atom stereocenters. The van der Waals surface area contributed by atoms with Crippen molar-refractivity contribution in [2.24, 2.45) is 5.10 Å². The maximum absolute atomic E-state index is 13.4. The van der Waals surface area contributed by atoms with Crippen LogP contribution in [0.3, 0.4) is 0 Å². The van der Waals surface area contributed by atoms with Crippen LogP contribution in [0.25, 0.3) is 11.3 Å². The van der Waals surface area contributed by atoms with Gasteiger partial charge in [0.05, 0.1) is 19.9 Å². The van der Waals surface area contributed by atoms with Gasteiger partial charge >= 0.3 is 12.4 Å². The highest BCUT2D eigenvalue weighted by Crippen LogP contribution is 2.42. The Morgan fingerprint density at radius 3 is 2.23 bits per heavy atom. The molecule has 1 aromatic carbocycles. The molecular formula is C17H14F6N4O3. The van der Waals surface area contributed by atoms with Crippen molar-refractivity contribution in [1.82, 2.24) is 9.97 Å². The largest absolute Gasteiger partial charge is 0.493 e. The van der Waals surface area contributed by atoms with Crippen LogP contribution >= 0.6 is 0 Å². The van der Waals surface area contributed by atoms with E-state index in [1.54, 1.807) is 0 Å². The molecule has 1 aliphatic rings. The fourth-order valence-electron chi connectivity index (χ4n) is 2.70. The van der Waals surface area contributed by atoms with E-state index in [4.69, 9.17) is 9.47 Å². The van der Waals surface area contributed by atoms with E-state index in [0.29, 0.717) is 12.3 Å². The van der Waals surface area contributed by atoms with E-state index in [9.17, 15) is 31.4 Å². The molecule has 0 fully saturated rings. The van der Waals surface area contributed by atoms with Crippen LogP contribution in [0.2, 0.25) is 0 Å². The molecule has 3 rings (SSSR count). The van der Waals surface area contributed by atoms with Crippen LogP contribution in [0.15, 0.2) is 29.4 Å². The van der Waals surface area contributed by atoms with Gasteiger partial charge in [0.25, 0.3) is 5.72 Å². The van der Waals surface area contributed by atoms with Crippen LogP contribution < -0.4 is 14.5 Å². The topological polar surface area (TPSA) is 80.1 Å². The molecule has 7 nitrogen and oxygen atoms in total. The molecule has 0 bridgehead atoms. The summed E-state index contributed by atoms with van der Waals surface area (Å²) in [5.74, 6) is -0.625. The van der Waals surface area contributed by atoms with Crippen molar-refractivity contribution in [2.45, 2.75) is 24.5 Å². The van der Waals surface area contributed by atoms with Gasteiger partial charge in [-0.25, -0.2) is 9.97 Å². The lowest BCUT2D eigenvalue weighted by atomic mass is 10.1. The zero-order valence-corrected chi connectivity index (χ0v) is 15.4. The SMILES string of the molecule is COc1ccc(-c2cc(C(F)(F)F)nc(N3N=CC[C@@]3(O)C(F)(F)F)n2)cc1OC. The summed E-state index contributed by atoms with van der Waals surface area (Å²) >= 11 is 0. The molecule has 1 aliphatic heterocycles. The van der Waals surface area contributed by atoms with Gasteiger partial charge in [-0.2, -0.15) is 36.5 Å². The average Bonchev–Trinajstić information content (AvgIpc) is 3.09. The number of rotatable bonds is 4. The summed E-state index contributed by atoms with van der Waals surface area (Å²) in [6, 6.07) is 4.60. The number of benzene rings is 1. The summed E-state index contributed by atoms with van der Waals surface area (Å²) in [6.45, 7) is 0. The Hall–Kier alpha value is -3.09. The second-order valence-corrected chi connectivity index (χ2v) is 6.13. The molecule has 0 amide bonds. The summed E-state index contributed by atoms with van der Waals surface area (Å²) in [7, 11) is 2.65. The molecule has 2 aromatic rings. The first kappa shape index (κ1) is 21.6. The summed E-state index contributed by atoms with van der Waals surface area (Å²) in [4.78, 5) is 6.94. The Labute approximate surface area is 165 Å². The third-order valence-electron chi connectivity index (χ3n) is 4.25. The van der Waals surface area contributed by atoms with Crippen LogP contribution in [0.4, 0.5) is 32.3 Å². The first-order valence-electron chi connectivity index (χ1n) is 8.21. The maximum Gasteiger partial charge on any atom is 0.438 e. The van der Waals surface area contributed by atoms with E-state index in [1.165, 1.54) is 32.4 Å². The Kier molecular flexibility index (Phi) is 5.26. The number of ether oxygens (including phenoxy) is 2. The lowest BCUT2D eigenvalue weighted by Gasteiger charge is -2.32. The molecular weight excluding hydrogens is 422 g/mol. The molecule has 1 N–H and O–H groups in total. The van der Waals surface area contributed by atoms with Crippen LogP contribution in [-0.4, -0.2) is 47.4 Å². The van der Waals surface area contributed by atoms with Crippen molar-refractivity contribution in [3.63, 3.8) is 0 Å². The minimum Gasteiger partial charge on any atom is -0.493 e. The van der Waals surface area contributed by atoms with E-state index in [-0.39, 0.29) is 27.8 Å². The number of nitrogens with zero attached hydrogens (tertiary/aromatic N) is 4. The standard InChI is InChI=1S/C17H14F6N4O3/c1-29-11-4-3-9(7-12(11)30-2)10-8-13(16(18,19)20)26-14(25-10)27-15(28,5-6-24-27)17(21,22)23/h3-4,6-8,28H,5H2,1-2H3/t15-/m1/s1. The van der Waals surface area contributed by atoms with Crippen molar-refractivity contribution in [3.8, 4) is 22.8 Å². The Bertz CT molecular complexity index is 979. The van der Waals surface area contributed by atoms with Crippen LogP contribution in [0.1, 0.15) is 12.1 Å². The summed E-state index contributed by atoms with van der Waals surface area (Å²) in [5.41, 5.74) is -5.36. The molecule has 13 heteroatoms. The molecule has 1 atom stereocenters. The fraction of sp³-hybridized carbons (Fsp3) is 0.353. The number of hydrazone groups is 1. The molecule has 0 spiro atoms. The zero-order valence-electron chi connectivity index (χ0n) is 15.4. The number of anilines is 1. The number of aliphatic hydroxyl groups is 1. The highest BCUT2D eigenvalue weighted by molar-refractivity contribution is 5.69. The molecule has 0 saturated carbocycles. The quantitative estimate of drug-likeness (QED) is 0.738. The van der Waals surface area contributed by atoms with Gasteiger partial charge in [-0.1, -0.05) is 0 Å². The van der Waals surface area contributed by atoms with Gasteiger partial charge in [-0.15, -0.1) is 0 Å². The summed E-state index contributed by atoms with van der Waals surface area (Å²) < 4.78 is 90.3. The molecule has 30 heavy (non-hydrogen) atoms. The van der Waals surface area contributed by atoms with E-state index in [0.717, 1.165) is 0 Å². The first-order chi connectivity index (χ1) is 13.9. The lowest BCUT2D eigenvalue weighted by Crippen LogP contribution is -2.55. The van der Waals surface area contributed by atoms with E-state index < -0.39 is 36.1 Å². The van der Waals surface area contributed by atoms with Crippen LogP contribution in [0.5, 0.6) is 11.5 Å². The predicted molar refractivity (Wildman–Crippen MR) is 92.2 cm³/mol. The third-order valence-corrected chi connectivity index (χ3v) is 4.25. The molecule has 162 valence electrons. The monoisotopic (exact) mass is 436 g/mol. The normalized spacial score (nSPS) is 19.3. The second-order valence-electron chi connectivity index (χ2n) is 6.13. The number of halogens is 6. The first-order valence-corrected chi connectivity index (χ1v) is 8.21. The maximum atomic E-state index is 13.4. The summed E-state index contributed by atoms with van der Waals surface area (Å²) in [6.07, 6.45) is -10.5. The van der Waals surface area contributed by atoms with Crippen molar-refractivity contribution in [3.05, 3.63) is 30.0 Å². The predicted octanol–water partition coefficient (Wildman–Crippen LogP) is 3.63. The van der Waals surface area contributed by atoms with E-state index in [1.807, 2.05) is 0 Å². The second kappa shape index (κ2) is 7.31. The van der Waals surface area contributed by atoms with E-state index in [2.05, 4.69) is 15.1 Å².